The summed E-state index contributed by atoms with van der Waals surface area (Å²) < 4.78 is 12.0. The molecular weight excluding hydrogens is 406 g/mol. The molecule has 4 aliphatic rings. The molecule has 6 rings (SSSR count). The first-order chi connectivity index (χ1) is 15.0. The molecule has 3 nitrogen and oxygen atoms in total. The highest BCUT2D eigenvalue weighted by molar-refractivity contribution is 6.31. The second-order valence-corrected chi connectivity index (χ2v) is 10.6. The maximum Gasteiger partial charge on any atom is 0.163 e. The van der Waals surface area contributed by atoms with Crippen LogP contribution in [-0.4, -0.2) is 12.1 Å². The molecule has 2 aromatic carbocycles. The van der Waals surface area contributed by atoms with Crippen LogP contribution in [0.3, 0.4) is 0 Å². The van der Waals surface area contributed by atoms with E-state index >= 15 is 0 Å². The molecule has 2 aromatic rings. The molecule has 4 bridgehead atoms. The molecule has 1 N–H and O–H groups in total. The average Bonchev–Trinajstić information content (AvgIpc) is 2.73. The molecule has 0 spiro atoms. The van der Waals surface area contributed by atoms with Crippen LogP contribution in [0.25, 0.3) is 0 Å². The maximum atomic E-state index is 6.71. The highest BCUT2D eigenvalue weighted by Gasteiger charge is 2.50. The summed E-state index contributed by atoms with van der Waals surface area (Å²) in [6.45, 7) is 5.99. The lowest BCUT2D eigenvalue weighted by Crippen LogP contribution is -2.58. The van der Waals surface area contributed by atoms with Crippen molar-refractivity contribution >= 4 is 11.6 Å². The minimum atomic E-state index is 0.324. The van der Waals surface area contributed by atoms with Gasteiger partial charge in [-0.15, -0.1) is 0 Å². The Labute approximate surface area is 191 Å². The van der Waals surface area contributed by atoms with Crippen molar-refractivity contribution in [1.82, 2.24) is 5.32 Å². The third-order valence-corrected chi connectivity index (χ3v) is 7.97. The number of nitrogens with one attached hydrogen (secondary N) is 1. The third-order valence-electron chi connectivity index (χ3n) is 7.62. The van der Waals surface area contributed by atoms with Gasteiger partial charge < -0.3 is 14.8 Å². The lowest BCUT2D eigenvalue weighted by molar-refractivity contribution is -0.0206. The van der Waals surface area contributed by atoms with Gasteiger partial charge in [0, 0.05) is 23.2 Å². The second-order valence-electron chi connectivity index (χ2n) is 10.1. The molecule has 0 radical (unpaired) electrons. The first-order valence-electron chi connectivity index (χ1n) is 11.9. The minimum absolute atomic E-state index is 0.324. The SMILES string of the molecule is CCOc1cc(CNC23CC4CC(CC(C4)C2)C3)c(Cl)cc1OCc1ccc(C)cc1. The van der Waals surface area contributed by atoms with Crippen molar-refractivity contribution in [2.75, 3.05) is 6.61 Å². The molecule has 0 unspecified atom stereocenters. The van der Waals surface area contributed by atoms with Gasteiger partial charge in [-0.05, 0) is 87.3 Å². The molecule has 4 fully saturated rings. The summed E-state index contributed by atoms with van der Waals surface area (Å²) in [5.74, 6) is 4.30. The van der Waals surface area contributed by atoms with Gasteiger partial charge in [0.1, 0.15) is 6.61 Å². The fraction of sp³-hybridized carbons (Fsp3) is 0.556. The summed E-state index contributed by atoms with van der Waals surface area (Å²) >= 11 is 6.71. The van der Waals surface area contributed by atoms with Crippen LogP contribution >= 0.6 is 11.6 Å². The largest absolute Gasteiger partial charge is 0.490 e. The average molecular weight is 440 g/mol. The van der Waals surface area contributed by atoms with Gasteiger partial charge in [-0.2, -0.15) is 0 Å². The van der Waals surface area contributed by atoms with E-state index in [-0.39, 0.29) is 0 Å². The van der Waals surface area contributed by atoms with Crippen molar-refractivity contribution in [3.8, 4) is 11.5 Å². The van der Waals surface area contributed by atoms with Crippen LogP contribution in [0.1, 0.15) is 62.1 Å². The topological polar surface area (TPSA) is 30.5 Å². The highest BCUT2D eigenvalue weighted by Crippen LogP contribution is 2.55. The summed E-state index contributed by atoms with van der Waals surface area (Å²) in [5, 5.41) is 4.71. The smallest absolute Gasteiger partial charge is 0.163 e. The zero-order valence-corrected chi connectivity index (χ0v) is 19.5. The molecule has 0 atom stereocenters. The minimum Gasteiger partial charge on any atom is -0.490 e. The Morgan fingerprint density at radius 1 is 0.935 bits per heavy atom. The van der Waals surface area contributed by atoms with Crippen molar-refractivity contribution in [3.63, 3.8) is 0 Å². The molecule has 0 aliphatic heterocycles. The van der Waals surface area contributed by atoms with Gasteiger partial charge in [0.25, 0.3) is 0 Å². The molecule has 0 heterocycles. The van der Waals surface area contributed by atoms with Crippen molar-refractivity contribution in [2.24, 2.45) is 17.8 Å². The number of aryl methyl sites for hydroxylation is 1. The molecule has 4 heteroatoms. The van der Waals surface area contributed by atoms with Gasteiger partial charge in [0.2, 0.25) is 0 Å². The van der Waals surface area contributed by atoms with E-state index in [0.29, 0.717) is 24.5 Å². The summed E-state index contributed by atoms with van der Waals surface area (Å²) in [4.78, 5) is 0. The normalized spacial score (nSPS) is 28.7. The Morgan fingerprint density at radius 2 is 1.55 bits per heavy atom. The third kappa shape index (κ3) is 4.59. The van der Waals surface area contributed by atoms with Gasteiger partial charge in [-0.1, -0.05) is 41.4 Å². The number of hydrogen-bond acceptors (Lipinski definition) is 3. The first kappa shape index (κ1) is 21.2. The predicted molar refractivity (Wildman–Crippen MR) is 126 cm³/mol. The van der Waals surface area contributed by atoms with Crippen molar-refractivity contribution in [1.29, 1.82) is 0 Å². The van der Waals surface area contributed by atoms with E-state index in [0.717, 1.165) is 46.2 Å². The molecule has 4 saturated carbocycles. The van der Waals surface area contributed by atoms with Crippen LogP contribution in [0.2, 0.25) is 5.02 Å². The lowest BCUT2D eigenvalue weighted by atomic mass is 9.53. The van der Waals surface area contributed by atoms with Crippen LogP contribution in [0.15, 0.2) is 36.4 Å². The van der Waals surface area contributed by atoms with Gasteiger partial charge in [0.15, 0.2) is 11.5 Å². The lowest BCUT2D eigenvalue weighted by Gasteiger charge is -2.57. The Morgan fingerprint density at radius 3 is 2.16 bits per heavy atom. The summed E-state index contributed by atoms with van der Waals surface area (Å²) in [5.41, 5.74) is 3.81. The Hall–Kier alpha value is -1.71. The Balaban J connectivity index is 1.29. The van der Waals surface area contributed by atoms with E-state index < -0.39 is 0 Å². The number of rotatable bonds is 8. The molecule has 0 aromatic heterocycles. The quantitative estimate of drug-likeness (QED) is 0.497. The van der Waals surface area contributed by atoms with Crippen LogP contribution < -0.4 is 14.8 Å². The van der Waals surface area contributed by atoms with E-state index in [1.807, 2.05) is 13.0 Å². The van der Waals surface area contributed by atoms with E-state index in [1.165, 1.54) is 44.1 Å². The zero-order chi connectivity index (χ0) is 21.4. The fourth-order valence-electron chi connectivity index (χ4n) is 6.55. The Bertz CT molecular complexity index is 888. The van der Waals surface area contributed by atoms with Crippen molar-refractivity contribution < 1.29 is 9.47 Å². The zero-order valence-electron chi connectivity index (χ0n) is 18.8. The fourth-order valence-corrected chi connectivity index (χ4v) is 6.77. The molecular formula is C27H34ClNO2. The van der Waals surface area contributed by atoms with E-state index in [2.05, 4.69) is 42.6 Å². The second kappa shape index (κ2) is 8.67. The van der Waals surface area contributed by atoms with E-state index in [1.54, 1.807) is 0 Å². The van der Waals surface area contributed by atoms with E-state index in [9.17, 15) is 0 Å². The van der Waals surface area contributed by atoms with Crippen LogP contribution in [-0.2, 0) is 13.2 Å². The number of ether oxygens (including phenoxy) is 2. The summed E-state index contributed by atoms with van der Waals surface area (Å²) in [7, 11) is 0. The molecule has 0 saturated heterocycles. The monoisotopic (exact) mass is 439 g/mol. The van der Waals surface area contributed by atoms with Gasteiger partial charge in [0.05, 0.1) is 6.61 Å². The van der Waals surface area contributed by atoms with Crippen LogP contribution in [0.5, 0.6) is 11.5 Å². The number of hydrogen-bond donors (Lipinski definition) is 1. The predicted octanol–water partition coefficient (Wildman–Crippen LogP) is 6.68. The van der Waals surface area contributed by atoms with Crippen molar-refractivity contribution in [3.05, 3.63) is 58.1 Å². The maximum absolute atomic E-state index is 6.71. The van der Waals surface area contributed by atoms with Crippen LogP contribution in [0.4, 0.5) is 0 Å². The van der Waals surface area contributed by atoms with Gasteiger partial charge in [-0.3, -0.25) is 0 Å². The number of halogens is 1. The summed E-state index contributed by atoms with van der Waals surface area (Å²) in [6, 6.07) is 12.4. The first-order valence-corrected chi connectivity index (χ1v) is 12.3. The van der Waals surface area contributed by atoms with Crippen LogP contribution in [0, 0.1) is 24.7 Å². The summed E-state index contributed by atoms with van der Waals surface area (Å²) in [6.07, 6.45) is 8.40. The highest BCUT2D eigenvalue weighted by atomic mass is 35.5. The van der Waals surface area contributed by atoms with E-state index in [4.69, 9.17) is 21.1 Å². The Kier molecular flexibility index (Phi) is 5.92. The molecule has 166 valence electrons. The standard InChI is InChI=1S/C27H34ClNO2/c1-3-30-25-11-23(16-29-27-13-20-8-21(14-27)10-22(9-20)15-27)24(28)12-26(25)31-17-19-6-4-18(2)5-7-19/h4-7,11-12,20-22,29H,3,8-10,13-17H2,1-2H3. The van der Waals surface area contributed by atoms with Gasteiger partial charge in [-0.25, -0.2) is 0 Å². The van der Waals surface area contributed by atoms with Crippen molar-refractivity contribution in [2.45, 2.75) is 71.1 Å². The molecule has 0 amide bonds. The molecule has 4 aliphatic carbocycles. The van der Waals surface area contributed by atoms with Gasteiger partial charge >= 0.3 is 0 Å². The molecule has 31 heavy (non-hydrogen) atoms. The number of benzene rings is 2.